The van der Waals surface area contributed by atoms with Crippen molar-refractivity contribution in [3.05, 3.63) is 281 Å². The van der Waals surface area contributed by atoms with Gasteiger partial charge in [0.2, 0.25) is 0 Å². The lowest BCUT2D eigenvalue weighted by molar-refractivity contribution is -0.138. The zero-order valence-corrected chi connectivity index (χ0v) is 59.5. The molecule has 8 rings (SSSR count). The van der Waals surface area contributed by atoms with E-state index in [2.05, 4.69) is 189 Å². The van der Waals surface area contributed by atoms with E-state index in [0.29, 0.717) is 51.8 Å². The number of benzene rings is 8. The van der Waals surface area contributed by atoms with Crippen LogP contribution in [0.1, 0.15) is 255 Å². The van der Waals surface area contributed by atoms with Crippen LogP contribution >= 0.6 is 23.2 Å². The lowest BCUT2D eigenvalue weighted by Crippen LogP contribution is -2.09. The number of alkyl halides is 3. The fraction of sp³-hybridized carbons (Fsp3) is 0.407. The fourth-order valence-electron chi connectivity index (χ4n) is 9.77. The van der Waals surface area contributed by atoms with E-state index in [9.17, 15) is 30.7 Å². The number of hydrogen-bond acceptors (Lipinski definition) is 0. The van der Waals surface area contributed by atoms with Gasteiger partial charge in [0, 0.05) is 22.2 Å². The maximum atomic E-state index is 13.1. The second-order valence-electron chi connectivity index (χ2n) is 25.2. The van der Waals surface area contributed by atoms with Crippen LogP contribution in [0.2, 0.25) is 10.0 Å². The summed E-state index contributed by atoms with van der Waals surface area (Å²) >= 11 is 11.9. The normalized spacial score (nSPS) is 10.8. The maximum Gasteiger partial charge on any atom is 0.416 e. The first-order valence-electron chi connectivity index (χ1n) is 31.8. The highest BCUT2D eigenvalue weighted by atomic mass is 35.5. The highest BCUT2D eigenvalue weighted by molar-refractivity contribution is 6.31. The summed E-state index contributed by atoms with van der Waals surface area (Å²) in [4.78, 5) is 0. The summed E-state index contributed by atoms with van der Waals surface area (Å²) in [6.45, 7) is 45.5. The topological polar surface area (TPSA) is 0 Å². The number of halogens is 9. The minimum absolute atomic E-state index is 0.0992. The Labute approximate surface area is 550 Å². The third kappa shape index (κ3) is 30.3. The van der Waals surface area contributed by atoms with Crippen LogP contribution in [0.4, 0.5) is 30.7 Å². The van der Waals surface area contributed by atoms with Crippen LogP contribution in [-0.2, 0) is 19.0 Å². The Balaban J connectivity index is 0.000000515. The predicted molar refractivity (Wildman–Crippen MR) is 377 cm³/mol. The molecule has 0 radical (unpaired) electrons. The molecule has 8 aromatic carbocycles. The molecule has 9 heteroatoms. The first-order valence-corrected chi connectivity index (χ1v) is 32.5. The van der Waals surface area contributed by atoms with Gasteiger partial charge in [0.25, 0.3) is 0 Å². The molecular weight excluding hydrogens is 1180 g/mol. The van der Waals surface area contributed by atoms with Gasteiger partial charge >= 0.3 is 6.18 Å². The monoisotopic (exact) mass is 1280 g/mol. The molecule has 0 heterocycles. The summed E-state index contributed by atoms with van der Waals surface area (Å²) in [6, 6.07) is 50.0. The maximum absolute atomic E-state index is 13.1. The van der Waals surface area contributed by atoms with Crippen molar-refractivity contribution in [2.45, 2.75) is 219 Å². The Kier molecular flexibility index (Phi) is 37.6. The van der Waals surface area contributed by atoms with E-state index in [1.807, 2.05) is 52.0 Å². The van der Waals surface area contributed by atoms with Gasteiger partial charge in [0.15, 0.2) is 0 Å². The van der Waals surface area contributed by atoms with Crippen LogP contribution in [0.15, 0.2) is 164 Å². The molecule has 0 fully saturated rings. The quantitative estimate of drug-likeness (QED) is 0.120. The van der Waals surface area contributed by atoms with E-state index in [0.717, 1.165) is 41.1 Å². The lowest BCUT2D eigenvalue weighted by Gasteiger charge is -2.14. The first-order chi connectivity index (χ1) is 42.0. The zero-order valence-electron chi connectivity index (χ0n) is 58.0. The van der Waals surface area contributed by atoms with E-state index < -0.39 is 35.0 Å². The highest BCUT2D eigenvalue weighted by Gasteiger charge is 2.33. The van der Waals surface area contributed by atoms with Gasteiger partial charge in [-0.25, -0.2) is 17.6 Å². The van der Waals surface area contributed by atoms with Crippen molar-refractivity contribution >= 4 is 23.2 Å². The van der Waals surface area contributed by atoms with Gasteiger partial charge < -0.3 is 0 Å². The molecule has 0 saturated carbocycles. The summed E-state index contributed by atoms with van der Waals surface area (Å²) < 4.78 is 88.2. The van der Waals surface area contributed by atoms with Crippen molar-refractivity contribution in [2.24, 2.45) is 0 Å². The SMILES string of the molecule is CC(C)c1ccc(F)cc1F.CC(C)c1ccccc1C(F)(F)F.CCc1cccc(C(C)C)c1.CCc1ccccc1C(C)C.Cc1cc(Cl)cc(C(C)C)c1.Cc1cc(F)cc(F)c1C(C)C.Cc1cccc(C(C)C)c1.Cc1cccc(Cl)c1C(C)C. The van der Waals surface area contributed by atoms with Gasteiger partial charge in [-0.2, -0.15) is 13.2 Å². The van der Waals surface area contributed by atoms with Crippen molar-refractivity contribution in [1.29, 1.82) is 0 Å². The van der Waals surface area contributed by atoms with Crippen molar-refractivity contribution in [1.82, 2.24) is 0 Å². The Morgan fingerprint density at radius 3 is 1.26 bits per heavy atom. The van der Waals surface area contributed by atoms with Gasteiger partial charge in [-0.15, -0.1) is 0 Å². The van der Waals surface area contributed by atoms with Crippen molar-refractivity contribution in [2.75, 3.05) is 0 Å². The minimum Gasteiger partial charge on any atom is -0.207 e. The van der Waals surface area contributed by atoms with E-state index in [-0.39, 0.29) is 17.8 Å². The van der Waals surface area contributed by atoms with Crippen molar-refractivity contribution < 1.29 is 30.7 Å². The molecule has 0 nitrogen and oxygen atoms in total. The fourth-order valence-corrected chi connectivity index (χ4v) is 10.5. The summed E-state index contributed by atoms with van der Waals surface area (Å²) in [6.07, 6.45) is -1.95. The molecule has 8 aromatic rings. The van der Waals surface area contributed by atoms with Gasteiger partial charge in [-0.1, -0.05) is 269 Å². The second-order valence-corrected chi connectivity index (χ2v) is 26.0. The average Bonchev–Trinajstić information content (AvgIpc) is 2.37. The van der Waals surface area contributed by atoms with E-state index >= 15 is 0 Å². The molecule has 0 saturated heterocycles. The molecule has 0 aromatic heterocycles. The van der Waals surface area contributed by atoms with Crippen LogP contribution < -0.4 is 0 Å². The largest absolute Gasteiger partial charge is 0.416 e. The van der Waals surface area contributed by atoms with Gasteiger partial charge in [-0.05, 0) is 197 Å². The van der Waals surface area contributed by atoms with Crippen LogP contribution in [0.3, 0.4) is 0 Å². The molecule has 0 spiro atoms. The zero-order chi connectivity index (χ0) is 68.7. The number of hydrogen-bond donors (Lipinski definition) is 0. The standard InChI is InChI=1S/2C11H16.2C10H13Cl.C10H11F3.C10H12F2.C10H14.C9H10F2/c1-4-10-6-5-7-11(8-10)9(2)3;1-4-10-7-5-6-8-11(10)9(2)3;1-7(2)9-4-8(3)5-10(11)6-9;1-7(2)10-8(3)5-4-6-9(10)11;1-7(2)8-5-3-4-6-9(8)10(11,12)13;1-6(2)10-7(3)4-8(11)5-9(10)12;1-8(2)10-6-4-5-9(3)7-10;1-6(2)8-4-3-7(10)5-9(8)11/h2*5-9H,4H2,1-3H3;2*4-7H,1-3H3;3-7H,1-2H3;4-6H,1-3H3;4-8H,1-3H3;3-6H,1-2H3. The molecule has 0 amide bonds. The predicted octanol–water partition coefficient (Wildman–Crippen LogP) is 27.7. The van der Waals surface area contributed by atoms with Crippen LogP contribution in [0.5, 0.6) is 0 Å². The van der Waals surface area contributed by atoms with E-state index in [1.165, 1.54) is 86.0 Å². The third-order valence-electron chi connectivity index (χ3n) is 14.7. The molecule has 0 unspecified atom stereocenters. The second kappa shape index (κ2) is 41.4. The molecule has 492 valence electrons. The summed E-state index contributed by atoms with van der Waals surface area (Å²) in [5.41, 5.74) is 15.5. The lowest BCUT2D eigenvalue weighted by atomic mass is 9.96. The Morgan fingerprint density at radius 1 is 0.356 bits per heavy atom. The van der Waals surface area contributed by atoms with Gasteiger partial charge in [0.05, 0.1) is 5.56 Å². The first kappa shape index (κ1) is 81.9. The van der Waals surface area contributed by atoms with Gasteiger partial charge in [0.1, 0.15) is 23.3 Å². The molecule has 0 aliphatic rings. The Hall–Kier alpha value is -6.15. The molecule has 0 N–H and O–H groups in total. The van der Waals surface area contributed by atoms with E-state index in [4.69, 9.17) is 23.2 Å². The van der Waals surface area contributed by atoms with Crippen LogP contribution in [0, 0.1) is 51.0 Å². The molecule has 0 bridgehead atoms. The smallest absolute Gasteiger partial charge is 0.207 e. The Bertz CT molecular complexity index is 3260. The van der Waals surface area contributed by atoms with Crippen molar-refractivity contribution in [3.63, 3.8) is 0 Å². The molecule has 0 atom stereocenters. The number of aryl methyl sites for hydroxylation is 6. The molecule has 0 aliphatic carbocycles. The van der Waals surface area contributed by atoms with E-state index in [1.54, 1.807) is 26.8 Å². The number of rotatable bonds is 10. The minimum atomic E-state index is -4.24. The Morgan fingerprint density at radius 2 is 0.844 bits per heavy atom. The van der Waals surface area contributed by atoms with Crippen molar-refractivity contribution in [3.8, 4) is 0 Å². The van der Waals surface area contributed by atoms with Crippen LogP contribution in [-0.4, -0.2) is 0 Å². The summed E-state index contributed by atoms with van der Waals surface area (Å²) in [5, 5.41) is 1.73. The molecule has 90 heavy (non-hydrogen) atoms. The third-order valence-corrected chi connectivity index (χ3v) is 15.3. The van der Waals surface area contributed by atoms with Gasteiger partial charge in [-0.3, -0.25) is 0 Å². The van der Waals surface area contributed by atoms with Crippen LogP contribution in [0.25, 0.3) is 0 Å². The average molecular weight is 1280 g/mol. The summed E-state index contributed by atoms with van der Waals surface area (Å²) in [7, 11) is 0. The summed E-state index contributed by atoms with van der Waals surface area (Å²) in [5.74, 6) is 1.23. The molecular formula is C81H105Cl2F7. The molecule has 0 aliphatic heterocycles. The highest BCUT2D eigenvalue weighted by Crippen LogP contribution is 2.35.